The van der Waals surface area contributed by atoms with Gasteiger partial charge in [-0.2, -0.15) is 8.42 Å². The number of rotatable bonds is 2. The highest BCUT2D eigenvalue weighted by molar-refractivity contribution is 7.89. The fraction of sp³-hybridized carbons (Fsp3) is 0.333. The van der Waals surface area contributed by atoms with Crippen molar-refractivity contribution >= 4 is 10.1 Å². The summed E-state index contributed by atoms with van der Waals surface area (Å²) in [5, 5.41) is 10.4. The Balaban J connectivity index is 3.07. The maximum Gasteiger partial charge on any atom is 0.290 e. The molecule has 0 saturated heterocycles. The summed E-state index contributed by atoms with van der Waals surface area (Å²) in [4.78, 5) is 8.98. The lowest BCUT2D eigenvalue weighted by atomic mass is 10.1. The van der Waals surface area contributed by atoms with E-state index in [9.17, 15) is 18.5 Å². The van der Waals surface area contributed by atoms with Crippen LogP contribution in [0.3, 0.4) is 0 Å². The Morgan fingerprint density at radius 3 is 2.85 bits per heavy atom. The van der Waals surface area contributed by atoms with Crippen molar-refractivity contribution in [1.29, 1.82) is 0 Å². The van der Waals surface area contributed by atoms with Gasteiger partial charge in [0.15, 0.2) is 0 Å². The monoisotopic (exact) mass is 206 g/mol. The summed E-state index contributed by atoms with van der Waals surface area (Å²) in [6.07, 6.45) is 2.41. The second-order valence-corrected chi connectivity index (χ2v) is 3.87. The lowest BCUT2D eigenvalue weighted by molar-refractivity contribution is -0.508. The van der Waals surface area contributed by atoms with Gasteiger partial charge in [-0.05, 0) is 12.2 Å². The topological polar surface area (TPSA) is 97.5 Å². The van der Waals surface area contributed by atoms with Gasteiger partial charge in [0.05, 0.1) is 11.3 Å². The molecule has 0 bridgehead atoms. The van der Waals surface area contributed by atoms with Crippen molar-refractivity contribution in [2.24, 2.45) is 0 Å². The first-order chi connectivity index (χ1) is 6.26. The fourth-order valence-electron chi connectivity index (χ4n) is 0.865. The normalized spacial score (nSPS) is 29.3. The zero-order chi connectivity index (χ0) is 11.0. The predicted octanol–water partition coefficient (Wildman–Crippen LogP) is 0.363. The summed E-state index contributed by atoms with van der Waals surface area (Å²) in [7, 11) is -4.45. The number of nitrogens with zero attached hydrogens (tertiary/aromatic N) is 1. The number of hydrogen-bond acceptors (Lipinski definition) is 4. The van der Waals surface area contributed by atoms with Crippen molar-refractivity contribution in [3.63, 3.8) is 0 Å². The van der Waals surface area contributed by atoms with Crippen molar-refractivity contribution in [3.8, 4) is 0 Å². The molecule has 0 aromatic heterocycles. The van der Waals surface area contributed by atoms with Gasteiger partial charge in [-0.3, -0.25) is 14.7 Å². The molecule has 6 nitrogen and oxygen atoms in total. The van der Waals surface area contributed by atoms with E-state index in [2.05, 4.69) is 0 Å². The van der Waals surface area contributed by atoms with Gasteiger partial charge >= 0.3 is 0 Å². The van der Waals surface area contributed by atoms with Crippen LogP contribution in [0.25, 0.3) is 0 Å². The lowest BCUT2D eigenvalue weighted by Crippen LogP contribution is -2.21. The molecular formula is C6H7NO5S. The van der Waals surface area contributed by atoms with E-state index >= 15 is 0 Å². The van der Waals surface area contributed by atoms with Gasteiger partial charge < -0.3 is 0 Å². The van der Waals surface area contributed by atoms with E-state index in [-0.39, 0.29) is 0 Å². The average Bonchev–Trinajstić information content (AvgIpc) is 2.02. The van der Waals surface area contributed by atoms with Gasteiger partial charge in [0.2, 0.25) is 6.02 Å². The molecule has 0 radical (unpaired) electrons. The van der Waals surface area contributed by atoms with Crippen molar-refractivity contribution in [2.75, 3.05) is 0 Å². The molecule has 0 amide bonds. The van der Waals surface area contributed by atoms with Crippen LogP contribution in [-0.2, 0) is 10.1 Å². The van der Waals surface area contributed by atoms with Crippen LogP contribution in [0, 0.1) is 10.1 Å². The SMILES string of the molecule is [2H]C1([N+](=O)[O-])C=CC=C(S(=O)(=O)O)C1. The van der Waals surface area contributed by atoms with Gasteiger partial charge in [0.25, 0.3) is 10.1 Å². The molecule has 0 aromatic rings. The minimum absolute atomic E-state index is 0.522. The Morgan fingerprint density at radius 1 is 1.77 bits per heavy atom. The molecule has 1 N–H and O–H groups in total. The van der Waals surface area contributed by atoms with Crippen molar-refractivity contribution in [1.82, 2.24) is 0 Å². The Hall–Kier alpha value is -1.21. The zero-order valence-corrected chi connectivity index (χ0v) is 7.19. The van der Waals surface area contributed by atoms with Crippen molar-refractivity contribution in [3.05, 3.63) is 33.2 Å². The van der Waals surface area contributed by atoms with Crippen molar-refractivity contribution < 1.29 is 19.3 Å². The van der Waals surface area contributed by atoms with Gasteiger partial charge in [-0.25, -0.2) is 0 Å². The molecule has 0 aromatic carbocycles. The molecular weight excluding hydrogens is 198 g/mol. The molecule has 72 valence electrons. The summed E-state index contributed by atoms with van der Waals surface area (Å²) in [6.45, 7) is 0. The molecule has 1 aliphatic rings. The maximum absolute atomic E-state index is 10.6. The molecule has 0 heterocycles. The van der Waals surface area contributed by atoms with E-state index in [1.807, 2.05) is 0 Å². The second-order valence-electron chi connectivity index (χ2n) is 2.39. The fourth-order valence-corrected chi connectivity index (χ4v) is 1.45. The molecule has 0 fully saturated rings. The van der Waals surface area contributed by atoms with Gasteiger partial charge in [0, 0.05) is 4.92 Å². The highest BCUT2D eigenvalue weighted by atomic mass is 32.2. The molecule has 0 spiro atoms. The van der Waals surface area contributed by atoms with E-state index < -0.39 is 32.4 Å². The van der Waals surface area contributed by atoms with E-state index in [0.29, 0.717) is 0 Å². The third-order valence-corrected chi connectivity index (χ3v) is 2.43. The van der Waals surface area contributed by atoms with Crippen LogP contribution in [0.15, 0.2) is 23.1 Å². The summed E-state index contributed by atoms with van der Waals surface area (Å²) in [6, 6.07) is -2.21. The third kappa shape index (κ3) is 2.36. The number of nitro groups is 1. The smallest absolute Gasteiger partial charge is 0.282 e. The first-order valence-corrected chi connectivity index (χ1v) is 4.70. The second kappa shape index (κ2) is 3.27. The van der Waals surface area contributed by atoms with E-state index in [1.54, 1.807) is 0 Å². The summed E-state index contributed by atoms with van der Waals surface area (Å²) < 4.78 is 37.2. The Kier molecular flexibility index (Phi) is 2.11. The molecule has 7 heteroatoms. The first kappa shape index (κ1) is 8.39. The van der Waals surface area contributed by atoms with Gasteiger partial charge in [0.1, 0.15) is 1.37 Å². The van der Waals surface area contributed by atoms with E-state index in [1.165, 1.54) is 0 Å². The molecule has 1 aliphatic carbocycles. The highest BCUT2D eigenvalue weighted by Gasteiger charge is 2.26. The average molecular weight is 206 g/mol. The van der Waals surface area contributed by atoms with Crippen LogP contribution in [-0.4, -0.2) is 23.9 Å². The molecule has 1 rings (SSSR count). The number of allylic oxidation sites excluding steroid dienone is 2. The van der Waals surface area contributed by atoms with Crippen molar-refractivity contribution in [2.45, 2.75) is 12.4 Å². The minimum Gasteiger partial charge on any atom is -0.282 e. The van der Waals surface area contributed by atoms with Crippen LogP contribution in [0.4, 0.5) is 0 Å². The van der Waals surface area contributed by atoms with Crippen LogP contribution < -0.4 is 0 Å². The Labute approximate surface area is 75.9 Å². The standard InChI is InChI=1S/C6H7NO5S/c8-7(9)5-2-1-3-6(4-5)13(10,11)12/h1-3,5H,4H2,(H,10,11,12)/i5D. The van der Waals surface area contributed by atoms with Crippen LogP contribution in [0.1, 0.15) is 7.79 Å². The predicted molar refractivity (Wildman–Crippen MR) is 44.2 cm³/mol. The summed E-state index contributed by atoms with van der Waals surface area (Å²) in [5.41, 5.74) is 0. The maximum atomic E-state index is 10.6. The number of hydrogen-bond donors (Lipinski definition) is 1. The Morgan fingerprint density at radius 2 is 2.38 bits per heavy atom. The van der Waals surface area contributed by atoms with Crippen LogP contribution >= 0.6 is 0 Å². The summed E-state index contributed by atoms with van der Waals surface area (Å²) >= 11 is 0. The molecule has 0 saturated carbocycles. The first-order valence-electron chi connectivity index (χ1n) is 3.76. The lowest BCUT2D eigenvalue weighted by Gasteiger charge is -2.09. The summed E-state index contributed by atoms with van der Waals surface area (Å²) in [5.74, 6) is 0. The highest BCUT2D eigenvalue weighted by Crippen LogP contribution is 2.18. The molecule has 1 unspecified atom stereocenters. The minimum atomic E-state index is -4.45. The van der Waals surface area contributed by atoms with E-state index in [0.717, 1.165) is 18.2 Å². The third-order valence-electron chi connectivity index (χ3n) is 1.49. The molecule has 1 atom stereocenters. The van der Waals surface area contributed by atoms with Crippen LogP contribution in [0.5, 0.6) is 0 Å². The quantitative estimate of drug-likeness (QED) is 0.399. The largest absolute Gasteiger partial charge is 0.290 e. The zero-order valence-electron chi connectivity index (χ0n) is 7.37. The van der Waals surface area contributed by atoms with E-state index in [4.69, 9.17) is 5.92 Å². The van der Waals surface area contributed by atoms with Gasteiger partial charge in [-0.1, -0.05) is 6.08 Å². The van der Waals surface area contributed by atoms with Gasteiger partial charge in [-0.15, -0.1) is 0 Å². The molecule has 0 aliphatic heterocycles. The molecule has 13 heavy (non-hydrogen) atoms. The Bertz CT molecular complexity index is 426. The van der Waals surface area contributed by atoms with Crippen LogP contribution in [0.2, 0.25) is 0 Å².